The highest BCUT2D eigenvalue weighted by atomic mass is 35.5. The molecule has 1 saturated heterocycles. The molecule has 7 heteroatoms. The summed E-state index contributed by atoms with van der Waals surface area (Å²) in [7, 11) is 0. The van der Waals surface area contributed by atoms with Crippen molar-refractivity contribution in [3.63, 3.8) is 0 Å². The maximum atomic E-state index is 13.9. The summed E-state index contributed by atoms with van der Waals surface area (Å²) in [5.41, 5.74) is 8.90. The van der Waals surface area contributed by atoms with Crippen molar-refractivity contribution in [3.05, 3.63) is 82.5 Å². The molecule has 2 N–H and O–H groups in total. The number of rotatable bonds is 6. The normalized spacial score (nSPS) is 15.3. The molecular formula is C23H24ClFN4O. The zero-order valence-electron chi connectivity index (χ0n) is 16.6. The summed E-state index contributed by atoms with van der Waals surface area (Å²) >= 11 is 5.80. The van der Waals surface area contributed by atoms with Crippen LogP contribution in [-0.2, 0) is 13.2 Å². The van der Waals surface area contributed by atoms with E-state index in [9.17, 15) is 4.39 Å². The molecule has 156 valence electrons. The number of nitrogens with two attached hydrogens (primary N) is 1. The fourth-order valence-electron chi connectivity index (χ4n) is 3.67. The van der Waals surface area contributed by atoms with Gasteiger partial charge < -0.3 is 10.5 Å². The minimum absolute atomic E-state index is 0.118. The average Bonchev–Trinajstić information content (AvgIpc) is 2.75. The summed E-state index contributed by atoms with van der Waals surface area (Å²) in [5.74, 6) is 0.522. The largest absolute Gasteiger partial charge is 0.473 e. The van der Waals surface area contributed by atoms with Crippen molar-refractivity contribution in [3.8, 4) is 5.88 Å². The van der Waals surface area contributed by atoms with Crippen LogP contribution in [0.1, 0.15) is 35.7 Å². The van der Waals surface area contributed by atoms with E-state index in [1.165, 1.54) is 6.07 Å². The quantitative estimate of drug-likeness (QED) is 0.612. The summed E-state index contributed by atoms with van der Waals surface area (Å²) in [5, 5.41) is 0.370. The van der Waals surface area contributed by atoms with Gasteiger partial charge in [0.1, 0.15) is 12.4 Å². The highest BCUT2D eigenvalue weighted by Gasteiger charge is 2.22. The third-order valence-electron chi connectivity index (χ3n) is 5.37. The van der Waals surface area contributed by atoms with E-state index < -0.39 is 0 Å². The summed E-state index contributed by atoms with van der Waals surface area (Å²) in [6, 6.07) is 14.2. The first-order valence-electron chi connectivity index (χ1n) is 10.0. The number of piperidine rings is 1. The van der Waals surface area contributed by atoms with Crippen molar-refractivity contribution in [1.82, 2.24) is 14.9 Å². The van der Waals surface area contributed by atoms with Gasteiger partial charge in [-0.25, -0.2) is 9.37 Å². The molecule has 5 nitrogen and oxygen atoms in total. The van der Waals surface area contributed by atoms with Crippen molar-refractivity contribution >= 4 is 17.3 Å². The number of aromatic nitrogens is 2. The van der Waals surface area contributed by atoms with Crippen LogP contribution >= 0.6 is 11.6 Å². The minimum atomic E-state index is -0.374. The lowest BCUT2D eigenvalue weighted by Crippen LogP contribution is -2.33. The van der Waals surface area contributed by atoms with Crippen LogP contribution in [0.15, 0.2) is 54.7 Å². The van der Waals surface area contributed by atoms with Crippen molar-refractivity contribution in [2.75, 3.05) is 18.8 Å². The molecule has 0 aliphatic carbocycles. The maximum Gasteiger partial charge on any atom is 0.213 e. The SMILES string of the molecule is Nc1ccc(CN2CCC(c3cccc(OCc4ccc(Cl)cc4F)n3)CC2)nc1. The van der Waals surface area contributed by atoms with Gasteiger partial charge in [0.25, 0.3) is 0 Å². The first-order chi connectivity index (χ1) is 14.6. The standard InChI is InChI=1S/C23H24ClFN4O/c24-18-5-4-17(21(25)12-18)15-30-23-3-1-2-22(28-23)16-8-10-29(11-9-16)14-20-7-6-19(26)13-27-20/h1-7,12-13,16H,8-11,14-15,26H2. The summed E-state index contributed by atoms with van der Waals surface area (Å²) in [6.45, 7) is 2.92. The van der Waals surface area contributed by atoms with Crippen molar-refractivity contribution in [1.29, 1.82) is 0 Å². The molecule has 3 heterocycles. The Kier molecular flexibility index (Phi) is 6.45. The molecule has 1 fully saturated rings. The molecule has 0 amide bonds. The van der Waals surface area contributed by atoms with Crippen molar-refractivity contribution in [2.24, 2.45) is 0 Å². The Morgan fingerprint density at radius 1 is 1.13 bits per heavy atom. The van der Waals surface area contributed by atoms with Gasteiger partial charge in [-0.3, -0.25) is 9.88 Å². The molecule has 0 bridgehead atoms. The first-order valence-corrected chi connectivity index (χ1v) is 10.4. The Bertz CT molecular complexity index is 991. The Labute approximate surface area is 180 Å². The lowest BCUT2D eigenvalue weighted by molar-refractivity contribution is 0.200. The number of ether oxygens (including phenoxy) is 1. The lowest BCUT2D eigenvalue weighted by atomic mass is 9.93. The van der Waals surface area contributed by atoms with E-state index in [0.29, 0.717) is 28.1 Å². The van der Waals surface area contributed by atoms with E-state index in [4.69, 9.17) is 22.1 Å². The van der Waals surface area contributed by atoms with E-state index in [1.807, 2.05) is 24.3 Å². The van der Waals surface area contributed by atoms with E-state index in [2.05, 4.69) is 14.9 Å². The summed E-state index contributed by atoms with van der Waals surface area (Å²) < 4.78 is 19.7. The minimum Gasteiger partial charge on any atom is -0.473 e. The predicted molar refractivity (Wildman–Crippen MR) is 116 cm³/mol. The zero-order chi connectivity index (χ0) is 20.9. The van der Waals surface area contributed by atoms with Crippen LogP contribution in [-0.4, -0.2) is 28.0 Å². The molecule has 2 aromatic heterocycles. The molecule has 1 aliphatic heterocycles. The van der Waals surface area contributed by atoms with Crippen LogP contribution in [0.4, 0.5) is 10.1 Å². The number of nitrogens with zero attached hydrogens (tertiary/aromatic N) is 3. The molecule has 0 saturated carbocycles. The predicted octanol–water partition coefficient (Wildman–Crippen LogP) is 4.81. The lowest BCUT2D eigenvalue weighted by Gasteiger charge is -2.31. The van der Waals surface area contributed by atoms with Crippen LogP contribution in [0, 0.1) is 5.82 Å². The van der Waals surface area contributed by atoms with Gasteiger partial charge >= 0.3 is 0 Å². The van der Waals surface area contributed by atoms with Gasteiger partial charge in [-0.15, -0.1) is 0 Å². The Morgan fingerprint density at radius 3 is 2.70 bits per heavy atom. The fraction of sp³-hybridized carbons (Fsp3) is 0.304. The molecule has 1 aromatic carbocycles. The highest BCUT2D eigenvalue weighted by Crippen LogP contribution is 2.28. The molecule has 0 atom stereocenters. The number of hydrogen-bond donors (Lipinski definition) is 1. The van der Waals surface area contributed by atoms with Crippen LogP contribution in [0.2, 0.25) is 5.02 Å². The second-order valence-electron chi connectivity index (χ2n) is 7.56. The van der Waals surface area contributed by atoms with Gasteiger partial charge in [0.15, 0.2) is 0 Å². The molecule has 4 rings (SSSR count). The summed E-state index contributed by atoms with van der Waals surface area (Å²) in [6.07, 6.45) is 3.75. The summed E-state index contributed by atoms with van der Waals surface area (Å²) in [4.78, 5) is 11.5. The van der Waals surface area contributed by atoms with Crippen LogP contribution in [0.5, 0.6) is 5.88 Å². The van der Waals surface area contributed by atoms with Gasteiger partial charge in [-0.05, 0) is 56.3 Å². The van der Waals surface area contributed by atoms with E-state index in [-0.39, 0.29) is 12.4 Å². The van der Waals surface area contributed by atoms with Gasteiger partial charge in [0, 0.05) is 34.8 Å². The third-order valence-corrected chi connectivity index (χ3v) is 5.61. The van der Waals surface area contributed by atoms with Gasteiger partial charge in [0.05, 0.1) is 17.6 Å². The molecule has 3 aromatic rings. The number of hydrogen-bond acceptors (Lipinski definition) is 5. The average molecular weight is 427 g/mol. The Hall–Kier alpha value is -2.70. The van der Waals surface area contributed by atoms with Gasteiger partial charge in [0.2, 0.25) is 5.88 Å². The first kappa shape index (κ1) is 20.6. The van der Waals surface area contributed by atoms with E-state index in [1.54, 1.807) is 24.4 Å². The highest BCUT2D eigenvalue weighted by molar-refractivity contribution is 6.30. The zero-order valence-corrected chi connectivity index (χ0v) is 17.4. The number of likely N-dealkylation sites (tertiary alicyclic amines) is 1. The van der Waals surface area contributed by atoms with Crippen molar-refractivity contribution < 1.29 is 9.13 Å². The van der Waals surface area contributed by atoms with E-state index >= 15 is 0 Å². The fourth-order valence-corrected chi connectivity index (χ4v) is 3.83. The third kappa shape index (κ3) is 5.26. The Balaban J connectivity index is 1.32. The number of pyridine rings is 2. The smallest absolute Gasteiger partial charge is 0.213 e. The second kappa shape index (κ2) is 9.41. The molecular weight excluding hydrogens is 403 g/mol. The molecule has 30 heavy (non-hydrogen) atoms. The number of halogens is 2. The van der Waals surface area contributed by atoms with Crippen LogP contribution in [0.3, 0.4) is 0 Å². The second-order valence-corrected chi connectivity index (χ2v) is 7.99. The monoisotopic (exact) mass is 426 g/mol. The molecule has 0 unspecified atom stereocenters. The Morgan fingerprint density at radius 2 is 1.97 bits per heavy atom. The molecule has 1 aliphatic rings. The van der Waals surface area contributed by atoms with Gasteiger partial charge in [-0.2, -0.15) is 0 Å². The number of anilines is 1. The van der Waals surface area contributed by atoms with Crippen molar-refractivity contribution in [2.45, 2.75) is 31.9 Å². The van der Waals surface area contributed by atoms with Crippen LogP contribution < -0.4 is 10.5 Å². The van der Waals surface area contributed by atoms with Gasteiger partial charge in [-0.1, -0.05) is 23.7 Å². The maximum absolute atomic E-state index is 13.9. The number of benzene rings is 1. The van der Waals surface area contributed by atoms with E-state index in [0.717, 1.165) is 43.9 Å². The topological polar surface area (TPSA) is 64.3 Å². The van der Waals surface area contributed by atoms with Crippen LogP contribution in [0.25, 0.3) is 0 Å². The number of nitrogen functional groups attached to an aromatic ring is 1. The molecule has 0 spiro atoms. The molecule has 0 radical (unpaired) electrons.